The molecular weight excluding hydrogens is 268 g/mol. The van der Waals surface area contributed by atoms with E-state index < -0.39 is 0 Å². The molecule has 0 aliphatic carbocycles. The molecule has 0 fully saturated rings. The Morgan fingerprint density at radius 2 is 1.86 bits per heavy atom. The van der Waals surface area contributed by atoms with E-state index in [9.17, 15) is 9.59 Å². The minimum absolute atomic E-state index is 0.145. The first-order valence-corrected chi connectivity index (χ1v) is 6.84. The SMILES string of the molecule is CN(Cc1ccc(N(C)C)cc1)C(=O)C1=NNC(=O)CC1. The van der Waals surface area contributed by atoms with Crippen molar-refractivity contribution < 1.29 is 9.59 Å². The molecule has 2 rings (SSSR count). The third kappa shape index (κ3) is 3.81. The maximum atomic E-state index is 12.2. The van der Waals surface area contributed by atoms with E-state index in [2.05, 4.69) is 10.5 Å². The second-order valence-electron chi connectivity index (χ2n) is 5.32. The second kappa shape index (κ2) is 6.39. The quantitative estimate of drug-likeness (QED) is 0.898. The van der Waals surface area contributed by atoms with E-state index in [-0.39, 0.29) is 11.8 Å². The molecule has 1 aromatic carbocycles. The minimum atomic E-state index is -0.147. The molecule has 6 nitrogen and oxygen atoms in total. The summed E-state index contributed by atoms with van der Waals surface area (Å²) in [5.41, 5.74) is 4.92. The monoisotopic (exact) mass is 288 g/mol. The van der Waals surface area contributed by atoms with Crippen molar-refractivity contribution in [3.8, 4) is 0 Å². The second-order valence-corrected chi connectivity index (χ2v) is 5.32. The minimum Gasteiger partial charge on any atom is -0.378 e. The van der Waals surface area contributed by atoms with Crippen molar-refractivity contribution in [1.29, 1.82) is 0 Å². The van der Waals surface area contributed by atoms with Crippen molar-refractivity contribution in [2.45, 2.75) is 19.4 Å². The van der Waals surface area contributed by atoms with Gasteiger partial charge in [-0.25, -0.2) is 5.43 Å². The topological polar surface area (TPSA) is 65.0 Å². The van der Waals surface area contributed by atoms with E-state index in [0.29, 0.717) is 25.1 Å². The molecule has 21 heavy (non-hydrogen) atoms. The molecule has 0 bridgehead atoms. The molecule has 0 spiro atoms. The highest BCUT2D eigenvalue weighted by atomic mass is 16.2. The number of hydrazone groups is 1. The molecule has 2 amide bonds. The van der Waals surface area contributed by atoms with Gasteiger partial charge in [-0.1, -0.05) is 12.1 Å². The number of rotatable bonds is 4. The van der Waals surface area contributed by atoms with Crippen LogP contribution < -0.4 is 10.3 Å². The average Bonchev–Trinajstić information content (AvgIpc) is 2.47. The van der Waals surface area contributed by atoms with Crippen molar-refractivity contribution >= 4 is 23.2 Å². The average molecular weight is 288 g/mol. The molecule has 6 heteroatoms. The molecule has 1 aliphatic rings. The molecular formula is C15H20N4O2. The Labute approximate surface area is 124 Å². The van der Waals surface area contributed by atoms with Gasteiger partial charge in [0.05, 0.1) is 0 Å². The molecule has 0 radical (unpaired) electrons. The predicted molar refractivity (Wildman–Crippen MR) is 82.1 cm³/mol. The number of carbonyl (C=O) groups excluding carboxylic acids is 2. The summed E-state index contributed by atoms with van der Waals surface area (Å²) in [7, 11) is 5.71. The van der Waals surface area contributed by atoms with Crippen LogP contribution >= 0.6 is 0 Å². The first-order valence-electron chi connectivity index (χ1n) is 6.84. The van der Waals surface area contributed by atoms with Gasteiger partial charge in [-0.15, -0.1) is 0 Å². The summed E-state index contributed by atoms with van der Waals surface area (Å²) in [4.78, 5) is 26.9. The Balaban J connectivity index is 1.99. The van der Waals surface area contributed by atoms with Gasteiger partial charge in [0.15, 0.2) is 0 Å². The van der Waals surface area contributed by atoms with Gasteiger partial charge in [-0.3, -0.25) is 9.59 Å². The standard InChI is InChI=1S/C15H20N4O2/c1-18(2)12-6-4-11(5-7-12)10-19(3)15(21)13-8-9-14(20)17-16-13/h4-7H,8-10H2,1-3H3,(H,17,20). The zero-order valence-electron chi connectivity index (χ0n) is 12.6. The van der Waals surface area contributed by atoms with Gasteiger partial charge in [0, 0.05) is 46.2 Å². The van der Waals surface area contributed by atoms with Crippen molar-refractivity contribution in [3.63, 3.8) is 0 Å². The van der Waals surface area contributed by atoms with E-state index in [1.54, 1.807) is 11.9 Å². The molecule has 0 saturated carbocycles. The summed E-state index contributed by atoms with van der Waals surface area (Å²) < 4.78 is 0. The number of nitrogens with zero attached hydrogens (tertiary/aromatic N) is 3. The summed E-state index contributed by atoms with van der Waals surface area (Å²) in [5, 5.41) is 3.83. The third-order valence-electron chi connectivity index (χ3n) is 3.37. The molecule has 1 aliphatic heterocycles. The van der Waals surface area contributed by atoms with Gasteiger partial charge in [-0.2, -0.15) is 5.10 Å². The number of hydrogen-bond donors (Lipinski definition) is 1. The summed E-state index contributed by atoms with van der Waals surface area (Å²) in [6, 6.07) is 8.05. The Morgan fingerprint density at radius 3 is 2.38 bits per heavy atom. The van der Waals surface area contributed by atoms with E-state index in [4.69, 9.17) is 0 Å². The van der Waals surface area contributed by atoms with Gasteiger partial charge in [0.25, 0.3) is 5.91 Å². The van der Waals surface area contributed by atoms with Crippen LogP contribution in [0.4, 0.5) is 5.69 Å². The first-order chi connectivity index (χ1) is 9.97. The zero-order valence-corrected chi connectivity index (χ0v) is 12.6. The van der Waals surface area contributed by atoms with Crippen LogP contribution in [0.5, 0.6) is 0 Å². The van der Waals surface area contributed by atoms with Crippen molar-refractivity contribution in [1.82, 2.24) is 10.3 Å². The molecule has 0 atom stereocenters. The predicted octanol–water partition coefficient (Wildman–Crippen LogP) is 0.977. The molecule has 112 valence electrons. The molecule has 0 unspecified atom stereocenters. The number of nitrogens with one attached hydrogen (secondary N) is 1. The highest BCUT2D eigenvalue weighted by Crippen LogP contribution is 2.14. The lowest BCUT2D eigenvalue weighted by atomic mass is 10.1. The third-order valence-corrected chi connectivity index (χ3v) is 3.37. The Kier molecular flexibility index (Phi) is 4.57. The lowest BCUT2D eigenvalue weighted by Gasteiger charge is -2.20. The van der Waals surface area contributed by atoms with Crippen LogP contribution in [0, 0.1) is 0 Å². The van der Waals surface area contributed by atoms with Crippen LogP contribution in [0.25, 0.3) is 0 Å². The largest absolute Gasteiger partial charge is 0.378 e. The molecule has 0 aromatic heterocycles. The zero-order chi connectivity index (χ0) is 15.4. The summed E-state index contributed by atoms with van der Waals surface area (Å²) in [6.07, 6.45) is 0.713. The number of anilines is 1. The summed E-state index contributed by atoms with van der Waals surface area (Å²) in [5.74, 6) is -0.292. The van der Waals surface area contributed by atoms with Crippen LogP contribution in [0.15, 0.2) is 29.4 Å². The van der Waals surface area contributed by atoms with Crippen LogP contribution in [0.3, 0.4) is 0 Å². The van der Waals surface area contributed by atoms with E-state index >= 15 is 0 Å². The van der Waals surface area contributed by atoms with Crippen molar-refractivity contribution in [2.24, 2.45) is 5.10 Å². The fourth-order valence-corrected chi connectivity index (χ4v) is 2.09. The van der Waals surface area contributed by atoms with Crippen LogP contribution in [0.1, 0.15) is 18.4 Å². The van der Waals surface area contributed by atoms with Gasteiger partial charge in [-0.05, 0) is 17.7 Å². The maximum absolute atomic E-state index is 12.2. The Bertz CT molecular complexity index is 564. The smallest absolute Gasteiger partial charge is 0.270 e. The summed E-state index contributed by atoms with van der Waals surface area (Å²) in [6.45, 7) is 0.513. The molecule has 1 aromatic rings. The van der Waals surface area contributed by atoms with Crippen LogP contribution in [-0.4, -0.2) is 43.6 Å². The van der Waals surface area contributed by atoms with Gasteiger partial charge in [0.1, 0.15) is 5.71 Å². The molecule has 1 heterocycles. The maximum Gasteiger partial charge on any atom is 0.270 e. The van der Waals surface area contributed by atoms with Crippen molar-refractivity contribution in [2.75, 3.05) is 26.0 Å². The Morgan fingerprint density at radius 1 is 1.19 bits per heavy atom. The summed E-state index contributed by atoms with van der Waals surface area (Å²) >= 11 is 0. The van der Waals surface area contributed by atoms with E-state index in [1.165, 1.54) is 0 Å². The lowest BCUT2D eigenvalue weighted by Crippen LogP contribution is -2.37. The van der Waals surface area contributed by atoms with Crippen molar-refractivity contribution in [3.05, 3.63) is 29.8 Å². The van der Waals surface area contributed by atoms with Crippen LogP contribution in [0.2, 0.25) is 0 Å². The van der Waals surface area contributed by atoms with Gasteiger partial charge < -0.3 is 9.80 Å². The van der Waals surface area contributed by atoms with E-state index in [0.717, 1.165) is 11.3 Å². The molecule has 1 N–H and O–H groups in total. The lowest BCUT2D eigenvalue weighted by molar-refractivity contribution is -0.124. The first kappa shape index (κ1) is 15.0. The molecule has 0 saturated heterocycles. The van der Waals surface area contributed by atoms with Gasteiger partial charge in [0.2, 0.25) is 5.91 Å². The number of amides is 2. The number of hydrogen-bond acceptors (Lipinski definition) is 4. The number of carbonyl (C=O) groups is 2. The Hall–Kier alpha value is -2.37. The normalized spacial score (nSPS) is 14.2. The highest BCUT2D eigenvalue weighted by molar-refractivity contribution is 6.39. The van der Waals surface area contributed by atoms with Gasteiger partial charge >= 0.3 is 0 Å². The number of benzene rings is 1. The van der Waals surface area contributed by atoms with Crippen LogP contribution in [-0.2, 0) is 16.1 Å². The fourth-order valence-electron chi connectivity index (χ4n) is 2.09. The highest BCUT2D eigenvalue weighted by Gasteiger charge is 2.21. The van der Waals surface area contributed by atoms with E-state index in [1.807, 2.05) is 43.3 Å². The fraction of sp³-hybridized carbons (Fsp3) is 0.400.